The number of benzene rings is 2. The van der Waals surface area contributed by atoms with Gasteiger partial charge < -0.3 is 10.2 Å². The summed E-state index contributed by atoms with van der Waals surface area (Å²) >= 11 is 18.4. The number of likely N-dealkylation sites (N-methyl/N-ethyl adjacent to an activating group) is 1. The van der Waals surface area contributed by atoms with E-state index in [-0.39, 0.29) is 24.8 Å². The summed E-state index contributed by atoms with van der Waals surface area (Å²) in [5.41, 5.74) is 1.43. The van der Waals surface area contributed by atoms with Gasteiger partial charge in [0.15, 0.2) is 0 Å². The quantitative estimate of drug-likeness (QED) is 0.693. The maximum absolute atomic E-state index is 13.1. The summed E-state index contributed by atoms with van der Waals surface area (Å²) in [4.78, 5) is 27.0. The Morgan fingerprint density at radius 2 is 1.74 bits per heavy atom. The van der Waals surface area contributed by atoms with Gasteiger partial charge in [-0.25, -0.2) is 0 Å². The van der Waals surface area contributed by atoms with Gasteiger partial charge in [0.05, 0.1) is 6.42 Å². The molecule has 4 nitrogen and oxygen atoms in total. The molecule has 2 aromatic rings. The summed E-state index contributed by atoms with van der Waals surface area (Å²) in [6.07, 6.45) is 0.567. The summed E-state index contributed by atoms with van der Waals surface area (Å²) in [6, 6.07) is 11.6. The van der Waals surface area contributed by atoms with Crippen LogP contribution in [0.1, 0.15) is 24.5 Å². The Morgan fingerprint density at radius 1 is 1.04 bits per heavy atom. The highest BCUT2D eigenvalue weighted by molar-refractivity contribution is 6.35. The molecular formula is C20H21Cl3N2O2. The van der Waals surface area contributed by atoms with Crippen molar-refractivity contribution in [1.29, 1.82) is 0 Å². The molecule has 0 aliphatic carbocycles. The molecule has 0 fully saturated rings. The molecule has 2 aromatic carbocycles. The maximum atomic E-state index is 13.1. The van der Waals surface area contributed by atoms with Crippen LogP contribution in [0, 0.1) is 0 Å². The fourth-order valence-electron chi connectivity index (χ4n) is 2.83. The average Bonchev–Trinajstić information content (AvgIpc) is 2.64. The van der Waals surface area contributed by atoms with Gasteiger partial charge >= 0.3 is 0 Å². The average molecular weight is 428 g/mol. The lowest BCUT2D eigenvalue weighted by Crippen LogP contribution is -2.48. The number of carbonyl (C=O) groups is 2. The van der Waals surface area contributed by atoms with Gasteiger partial charge in [-0.3, -0.25) is 9.59 Å². The second-order valence-electron chi connectivity index (χ2n) is 6.06. The van der Waals surface area contributed by atoms with E-state index >= 15 is 0 Å². The third-order valence-electron chi connectivity index (χ3n) is 4.29. The summed E-state index contributed by atoms with van der Waals surface area (Å²) < 4.78 is 0. The summed E-state index contributed by atoms with van der Waals surface area (Å²) in [5, 5.41) is 4.10. The van der Waals surface area contributed by atoms with Crippen LogP contribution in [0.3, 0.4) is 0 Å². The van der Waals surface area contributed by atoms with Gasteiger partial charge in [-0.15, -0.1) is 0 Å². The van der Waals surface area contributed by atoms with Crippen molar-refractivity contribution in [3.63, 3.8) is 0 Å². The van der Waals surface area contributed by atoms with Crippen molar-refractivity contribution in [2.45, 2.75) is 32.4 Å². The first-order valence-corrected chi connectivity index (χ1v) is 9.69. The minimum absolute atomic E-state index is 0.0956. The van der Waals surface area contributed by atoms with Crippen LogP contribution in [0.2, 0.25) is 15.1 Å². The molecule has 0 aliphatic rings. The third-order valence-corrected chi connectivity index (χ3v) is 5.24. The van der Waals surface area contributed by atoms with Crippen LogP contribution < -0.4 is 5.32 Å². The van der Waals surface area contributed by atoms with Gasteiger partial charge in [-0.2, -0.15) is 0 Å². The predicted octanol–water partition coefficient (Wildman–Crippen LogP) is 4.74. The summed E-state index contributed by atoms with van der Waals surface area (Å²) in [5.74, 6) is -0.431. The highest BCUT2D eigenvalue weighted by Crippen LogP contribution is 2.25. The Hall–Kier alpha value is -1.75. The van der Waals surface area contributed by atoms with Crippen LogP contribution in [-0.4, -0.2) is 29.8 Å². The molecule has 0 radical (unpaired) electrons. The first-order chi connectivity index (χ1) is 12.9. The van der Waals surface area contributed by atoms with Crippen molar-refractivity contribution >= 4 is 46.6 Å². The molecular weight excluding hydrogens is 407 g/mol. The monoisotopic (exact) mass is 426 g/mol. The molecule has 0 bridgehead atoms. The van der Waals surface area contributed by atoms with Gasteiger partial charge in [0.25, 0.3) is 0 Å². The van der Waals surface area contributed by atoms with Crippen molar-refractivity contribution < 1.29 is 9.59 Å². The van der Waals surface area contributed by atoms with Crippen molar-refractivity contribution in [3.8, 4) is 0 Å². The van der Waals surface area contributed by atoms with Crippen LogP contribution in [0.25, 0.3) is 0 Å². The Morgan fingerprint density at radius 3 is 2.33 bits per heavy atom. The number of nitrogens with one attached hydrogen (secondary N) is 1. The fourth-order valence-corrected chi connectivity index (χ4v) is 3.50. The van der Waals surface area contributed by atoms with Crippen LogP contribution in [0.15, 0.2) is 42.5 Å². The second kappa shape index (κ2) is 9.98. The van der Waals surface area contributed by atoms with E-state index in [1.807, 2.05) is 13.0 Å². The molecule has 144 valence electrons. The van der Waals surface area contributed by atoms with Gasteiger partial charge in [-0.1, -0.05) is 66.0 Å². The van der Waals surface area contributed by atoms with Crippen LogP contribution >= 0.6 is 34.8 Å². The van der Waals surface area contributed by atoms with Gasteiger partial charge in [-0.05, 0) is 35.7 Å². The van der Waals surface area contributed by atoms with E-state index in [2.05, 4.69) is 5.32 Å². The van der Waals surface area contributed by atoms with E-state index in [1.165, 1.54) is 4.90 Å². The molecule has 2 rings (SSSR count). The van der Waals surface area contributed by atoms with Gasteiger partial charge in [0, 0.05) is 28.7 Å². The molecule has 0 aliphatic heterocycles. The molecule has 0 saturated heterocycles. The van der Waals surface area contributed by atoms with Crippen molar-refractivity contribution in [3.05, 3.63) is 68.7 Å². The maximum Gasteiger partial charge on any atom is 0.242 e. The van der Waals surface area contributed by atoms with Crippen molar-refractivity contribution in [2.75, 3.05) is 7.05 Å². The molecule has 0 spiro atoms. The first-order valence-electron chi connectivity index (χ1n) is 8.55. The lowest BCUT2D eigenvalue weighted by atomic mass is 10.1. The van der Waals surface area contributed by atoms with E-state index < -0.39 is 6.04 Å². The number of nitrogens with zero attached hydrogens (tertiary/aromatic N) is 1. The number of halogens is 3. The first kappa shape index (κ1) is 21.5. The van der Waals surface area contributed by atoms with Crippen LogP contribution in [0.5, 0.6) is 0 Å². The molecule has 0 aromatic heterocycles. The lowest BCUT2D eigenvalue weighted by Gasteiger charge is -2.30. The Bertz CT molecular complexity index is 827. The van der Waals surface area contributed by atoms with Crippen molar-refractivity contribution in [2.24, 2.45) is 0 Å². The van der Waals surface area contributed by atoms with Gasteiger partial charge in [0.1, 0.15) is 6.04 Å². The van der Waals surface area contributed by atoms with Crippen LogP contribution in [-0.2, 0) is 22.6 Å². The molecule has 0 saturated carbocycles. The zero-order valence-electron chi connectivity index (χ0n) is 15.1. The Kier molecular flexibility index (Phi) is 7.96. The third kappa shape index (κ3) is 5.61. The fraction of sp³-hybridized carbons (Fsp3) is 0.300. The normalized spacial score (nSPS) is 11.7. The predicted molar refractivity (Wildman–Crippen MR) is 110 cm³/mol. The molecule has 7 heteroatoms. The largest absolute Gasteiger partial charge is 0.357 e. The topological polar surface area (TPSA) is 49.4 Å². The molecule has 2 amide bonds. The molecule has 1 atom stereocenters. The number of rotatable bonds is 7. The minimum Gasteiger partial charge on any atom is -0.357 e. The van der Waals surface area contributed by atoms with Gasteiger partial charge in [0.2, 0.25) is 11.8 Å². The zero-order valence-corrected chi connectivity index (χ0v) is 17.4. The Balaban J connectivity index is 2.34. The van der Waals surface area contributed by atoms with E-state index in [4.69, 9.17) is 34.8 Å². The van der Waals surface area contributed by atoms with E-state index in [1.54, 1.807) is 43.4 Å². The van der Waals surface area contributed by atoms with Crippen molar-refractivity contribution in [1.82, 2.24) is 10.2 Å². The summed E-state index contributed by atoms with van der Waals surface area (Å²) in [7, 11) is 1.55. The lowest BCUT2D eigenvalue weighted by molar-refractivity contribution is -0.140. The second-order valence-corrected chi connectivity index (χ2v) is 7.31. The number of hydrogen-bond donors (Lipinski definition) is 1. The van der Waals surface area contributed by atoms with E-state index in [0.29, 0.717) is 27.1 Å². The zero-order chi connectivity index (χ0) is 20.0. The summed E-state index contributed by atoms with van der Waals surface area (Å²) in [6.45, 7) is 2.06. The number of carbonyl (C=O) groups excluding carboxylic acids is 2. The molecule has 0 heterocycles. The standard InChI is InChI=1S/C20H21Cl3N2O2/c1-3-18(20(27)24-2)25(12-14-8-9-15(21)11-17(14)23)19(26)10-13-6-4-5-7-16(13)22/h4-9,11,18H,3,10,12H2,1-2H3,(H,24,27). The van der Waals surface area contributed by atoms with Crippen LogP contribution in [0.4, 0.5) is 0 Å². The smallest absolute Gasteiger partial charge is 0.242 e. The molecule has 1 unspecified atom stereocenters. The molecule has 1 N–H and O–H groups in total. The SMILES string of the molecule is CCC(C(=O)NC)N(Cc1ccc(Cl)cc1Cl)C(=O)Cc1ccccc1Cl. The van der Waals surface area contributed by atoms with E-state index in [0.717, 1.165) is 5.56 Å². The number of hydrogen-bond acceptors (Lipinski definition) is 2. The Labute approximate surface area is 174 Å². The highest BCUT2D eigenvalue weighted by Gasteiger charge is 2.28. The highest BCUT2D eigenvalue weighted by atomic mass is 35.5. The minimum atomic E-state index is -0.614. The number of amides is 2. The molecule has 27 heavy (non-hydrogen) atoms. The van der Waals surface area contributed by atoms with E-state index in [9.17, 15) is 9.59 Å².